The van der Waals surface area contributed by atoms with Gasteiger partial charge in [-0.05, 0) is 24.3 Å². The quantitative estimate of drug-likeness (QED) is 0.867. The molecule has 0 saturated carbocycles. The van der Waals surface area contributed by atoms with Crippen LogP contribution in [-0.4, -0.2) is 40.2 Å². The highest BCUT2D eigenvalue weighted by molar-refractivity contribution is 7.99. The summed E-state index contributed by atoms with van der Waals surface area (Å²) < 4.78 is 0. The molecule has 0 spiro atoms. The normalized spacial score (nSPS) is 17.3. The maximum atomic E-state index is 12.8. The van der Waals surface area contributed by atoms with Crippen molar-refractivity contribution in [3.63, 3.8) is 0 Å². The second-order valence-electron chi connectivity index (χ2n) is 6.40. The molecule has 0 aromatic heterocycles. The van der Waals surface area contributed by atoms with Crippen LogP contribution in [-0.2, 0) is 15.3 Å². The smallest absolute Gasteiger partial charge is 0.306 e. The number of benzene rings is 1. The van der Waals surface area contributed by atoms with E-state index in [2.05, 4.69) is 26.0 Å². The van der Waals surface area contributed by atoms with Crippen molar-refractivity contribution in [3.8, 4) is 0 Å². The van der Waals surface area contributed by atoms with Crippen molar-refractivity contribution in [2.75, 3.05) is 13.1 Å². The molecule has 5 heteroatoms. The van der Waals surface area contributed by atoms with E-state index >= 15 is 0 Å². The Bertz CT molecular complexity index is 524. The monoisotopic (exact) mass is 335 g/mol. The van der Waals surface area contributed by atoms with Gasteiger partial charge in [0, 0.05) is 18.8 Å². The van der Waals surface area contributed by atoms with Gasteiger partial charge in [0.05, 0.1) is 11.2 Å². The molecule has 0 aliphatic carbocycles. The minimum Gasteiger partial charge on any atom is -0.481 e. The van der Waals surface area contributed by atoms with E-state index in [-0.39, 0.29) is 23.0 Å². The van der Waals surface area contributed by atoms with E-state index in [0.717, 1.165) is 5.75 Å². The van der Waals surface area contributed by atoms with Gasteiger partial charge in [0.2, 0.25) is 5.91 Å². The summed E-state index contributed by atoms with van der Waals surface area (Å²) in [5.74, 6) is 0.198. The zero-order valence-electron chi connectivity index (χ0n) is 13.8. The second kappa shape index (κ2) is 8.39. The maximum Gasteiger partial charge on any atom is 0.306 e. The van der Waals surface area contributed by atoms with Crippen LogP contribution < -0.4 is 0 Å². The van der Waals surface area contributed by atoms with Crippen LogP contribution in [0.4, 0.5) is 0 Å². The predicted octanol–water partition coefficient (Wildman–Crippen LogP) is 3.27. The van der Waals surface area contributed by atoms with Crippen LogP contribution in [0.5, 0.6) is 0 Å². The van der Waals surface area contributed by atoms with Gasteiger partial charge in [0.25, 0.3) is 0 Å². The van der Waals surface area contributed by atoms with E-state index in [4.69, 9.17) is 5.11 Å². The van der Waals surface area contributed by atoms with Gasteiger partial charge >= 0.3 is 5.97 Å². The van der Waals surface area contributed by atoms with Crippen molar-refractivity contribution in [1.29, 1.82) is 0 Å². The molecule has 1 saturated heterocycles. The highest BCUT2D eigenvalue weighted by atomic mass is 32.2. The van der Waals surface area contributed by atoms with Crippen molar-refractivity contribution in [2.24, 2.45) is 11.8 Å². The fourth-order valence-corrected chi connectivity index (χ4v) is 4.08. The molecule has 1 aliphatic heterocycles. The first kappa shape index (κ1) is 17.9. The van der Waals surface area contributed by atoms with Gasteiger partial charge < -0.3 is 10.0 Å². The van der Waals surface area contributed by atoms with Gasteiger partial charge in [-0.3, -0.25) is 9.59 Å². The van der Waals surface area contributed by atoms with Crippen molar-refractivity contribution in [2.45, 2.75) is 37.7 Å². The third-order valence-electron chi connectivity index (χ3n) is 4.28. The SMILES string of the molecule is CC(C)C(SCc1ccccc1)C(=O)N1CCC(C(=O)O)CC1. The molecular formula is C18H25NO3S. The Balaban J connectivity index is 1.92. The number of rotatable bonds is 6. The Morgan fingerprint density at radius 2 is 1.83 bits per heavy atom. The third kappa shape index (κ3) is 4.99. The fraction of sp³-hybridized carbons (Fsp3) is 0.556. The zero-order valence-corrected chi connectivity index (χ0v) is 14.6. The van der Waals surface area contributed by atoms with Crippen molar-refractivity contribution in [1.82, 2.24) is 4.90 Å². The summed E-state index contributed by atoms with van der Waals surface area (Å²) in [7, 11) is 0. The zero-order chi connectivity index (χ0) is 16.8. The molecule has 1 amide bonds. The molecule has 1 aromatic carbocycles. The summed E-state index contributed by atoms with van der Waals surface area (Å²) in [4.78, 5) is 25.7. The summed E-state index contributed by atoms with van der Waals surface area (Å²) in [6, 6.07) is 10.2. The van der Waals surface area contributed by atoms with Crippen molar-refractivity contribution >= 4 is 23.6 Å². The van der Waals surface area contributed by atoms with Crippen LogP contribution in [0.15, 0.2) is 30.3 Å². The first-order valence-electron chi connectivity index (χ1n) is 8.16. The lowest BCUT2D eigenvalue weighted by molar-refractivity contribution is -0.145. The summed E-state index contributed by atoms with van der Waals surface area (Å²) in [5.41, 5.74) is 1.22. The molecule has 1 aromatic rings. The molecule has 1 aliphatic rings. The molecule has 2 rings (SSSR count). The Labute approximate surface area is 142 Å². The Morgan fingerprint density at radius 3 is 2.35 bits per heavy atom. The maximum absolute atomic E-state index is 12.8. The van der Waals surface area contributed by atoms with Gasteiger partial charge in [0.15, 0.2) is 0 Å². The lowest BCUT2D eigenvalue weighted by Crippen LogP contribution is -2.45. The Hall–Kier alpha value is -1.49. The number of amides is 1. The van der Waals surface area contributed by atoms with Crippen molar-refractivity contribution < 1.29 is 14.7 Å². The average Bonchev–Trinajstić information content (AvgIpc) is 2.55. The number of likely N-dealkylation sites (tertiary alicyclic amines) is 1. The van der Waals surface area contributed by atoms with Gasteiger partial charge in [-0.15, -0.1) is 11.8 Å². The number of hydrogen-bond acceptors (Lipinski definition) is 3. The lowest BCUT2D eigenvalue weighted by atomic mass is 9.96. The van der Waals surface area contributed by atoms with E-state index in [9.17, 15) is 9.59 Å². The molecule has 126 valence electrons. The minimum absolute atomic E-state index is 0.0726. The van der Waals surface area contributed by atoms with Crippen LogP contribution in [0.2, 0.25) is 0 Å². The largest absolute Gasteiger partial charge is 0.481 e. The Morgan fingerprint density at radius 1 is 1.22 bits per heavy atom. The first-order valence-corrected chi connectivity index (χ1v) is 9.21. The minimum atomic E-state index is -0.740. The summed E-state index contributed by atoms with van der Waals surface area (Å²) in [6.45, 7) is 5.27. The average molecular weight is 335 g/mol. The number of hydrogen-bond donors (Lipinski definition) is 1. The van der Waals surface area contributed by atoms with Gasteiger partial charge in [0.1, 0.15) is 0 Å². The van der Waals surface area contributed by atoms with Crippen LogP contribution in [0.3, 0.4) is 0 Å². The second-order valence-corrected chi connectivity index (χ2v) is 7.53. The predicted molar refractivity (Wildman–Crippen MR) is 93.3 cm³/mol. The van der Waals surface area contributed by atoms with E-state index < -0.39 is 5.97 Å². The third-order valence-corrected chi connectivity index (χ3v) is 5.88. The molecule has 4 nitrogen and oxygen atoms in total. The van der Waals surface area contributed by atoms with Crippen LogP contribution >= 0.6 is 11.8 Å². The van der Waals surface area contributed by atoms with Gasteiger partial charge in [-0.1, -0.05) is 44.2 Å². The molecule has 1 unspecified atom stereocenters. The van der Waals surface area contributed by atoms with Crippen molar-refractivity contribution in [3.05, 3.63) is 35.9 Å². The number of carbonyl (C=O) groups is 2. The lowest BCUT2D eigenvalue weighted by Gasteiger charge is -2.33. The highest BCUT2D eigenvalue weighted by Gasteiger charge is 2.32. The summed E-state index contributed by atoms with van der Waals surface area (Å²) in [6.07, 6.45) is 1.13. The molecule has 1 N–H and O–H groups in total. The number of aliphatic carboxylic acids is 1. The van der Waals surface area contributed by atoms with E-state index in [0.29, 0.717) is 25.9 Å². The first-order chi connectivity index (χ1) is 11.0. The number of carbonyl (C=O) groups excluding carboxylic acids is 1. The van der Waals surface area contributed by atoms with Crippen LogP contribution in [0.25, 0.3) is 0 Å². The summed E-state index contributed by atoms with van der Waals surface area (Å²) >= 11 is 1.68. The van der Waals surface area contributed by atoms with Gasteiger partial charge in [-0.25, -0.2) is 0 Å². The number of piperidine rings is 1. The molecule has 23 heavy (non-hydrogen) atoms. The van der Waals surface area contributed by atoms with Gasteiger partial charge in [-0.2, -0.15) is 0 Å². The number of carboxylic acid groups (broad SMARTS) is 1. The molecule has 0 radical (unpaired) electrons. The Kier molecular flexibility index (Phi) is 6.51. The van der Waals surface area contributed by atoms with E-state index in [1.54, 1.807) is 11.8 Å². The van der Waals surface area contributed by atoms with Crippen LogP contribution in [0, 0.1) is 11.8 Å². The number of nitrogens with zero attached hydrogens (tertiary/aromatic N) is 1. The molecular weight excluding hydrogens is 310 g/mol. The van der Waals surface area contributed by atoms with Crippen LogP contribution in [0.1, 0.15) is 32.3 Å². The highest BCUT2D eigenvalue weighted by Crippen LogP contribution is 2.27. The standard InChI is InChI=1S/C18H25NO3S/c1-13(2)16(23-12-14-6-4-3-5-7-14)17(20)19-10-8-15(9-11-19)18(21)22/h3-7,13,15-16H,8-12H2,1-2H3,(H,21,22). The molecule has 1 heterocycles. The molecule has 1 atom stereocenters. The van der Waals surface area contributed by atoms with E-state index in [1.807, 2.05) is 23.1 Å². The van der Waals surface area contributed by atoms with E-state index in [1.165, 1.54) is 5.56 Å². The topological polar surface area (TPSA) is 57.6 Å². The fourth-order valence-electron chi connectivity index (χ4n) is 2.84. The molecule has 0 bridgehead atoms. The number of carboxylic acids is 1. The number of thioether (sulfide) groups is 1. The summed E-state index contributed by atoms with van der Waals surface area (Å²) in [5, 5.41) is 8.99. The molecule has 1 fully saturated rings.